The predicted molar refractivity (Wildman–Crippen MR) is 136 cm³/mol. The highest BCUT2D eigenvalue weighted by Gasteiger charge is 2.18. The Morgan fingerprint density at radius 3 is 1.52 bits per heavy atom. The first-order chi connectivity index (χ1) is 14.8. The van der Waals surface area contributed by atoms with Crippen LogP contribution in [0, 0.1) is 0 Å². The Balaban J connectivity index is 2.21. The molecule has 3 heteroatoms. The van der Waals surface area contributed by atoms with Gasteiger partial charge in [-0.2, -0.15) is 0 Å². The first-order valence-corrected chi connectivity index (χ1v) is 12.1. The van der Waals surface area contributed by atoms with Crippen LogP contribution in [-0.4, -0.2) is 41.9 Å². The van der Waals surface area contributed by atoms with Gasteiger partial charge in [-0.25, -0.2) is 0 Å². The summed E-state index contributed by atoms with van der Waals surface area (Å²) < 4.78 is 0. The second-order valence-electron chi connectivity index (χ2n) is 9.19. The van der Waals surface area contributed by atoms with Gasteiger partial charge in [-0.3, -0.25) is 4.79 Å². The molecule has 1 amide bonds. The molecule has 0 aromatic heterocycles. The fourth-order valence-corrected chi connectivity index (χ4v) is 3.74. The lowest BCUT2D eigenvalue weighted by Gasteiger charge is -2.33. The number of nitrogens with zero attached hydrogens (tertiary/aromatic N) is 2. The monoisotopic (exact) mass is 426 g/mol. The van der Waals surface area contributed by atoms with Gasteiger partial charge in [-0.1, -0.05) is 53.2 Å². The van der Waals surface area contributed by atoms with Gasteiger partial charge < -0.3 is 9.80 Å². The molecule has 31 heavy (non-hydrogen) atoms. The van der Waals surface area contributed by atoms with Crippen molar-refractivity contribution in [2.75, 3.05) is 26.2 Å². The molecule has 174 valence electrons. The van der Waals surface area contributed by atoms with Crippen LogP contribution in [0.1, 0.15) is 86.0 Å². The van der Waals surface area contributed by atoms with Crippen LogP contribution in [0.25, 0.3) is 0 Å². The van der Waals surface area contributed by atoms with Crippen molar-refractivity contribution in [3.05, 3.63) is 59.4 Å². The molecule has 0 saturated carbocycles. The molecular weight excluding hydrogens is 380 g/mol. The van der Waals surface area contributed by atoms with Crippen molar-refractivity contribution in [2.24, 2.45) is 0 Å². The molecule has 0 aliphatic carbocycles. The van der Waals surface area contributed by atoms with Gasteiger partial charge in [0, 0.05) is 32.6 Å². The molecular formula is C28H46N2O. The number of hydrogen-bond acceptors (Lipinski definition) is 2. The normalized spacial score (nSPS) is 15.8. The number of hydrogen-bond donors (Lipinski definition) is 0. The Kier molecular flexibility index (Phi) is 13.7. The van der Waals surface area contributed by atoms with Gasteiger partial charge in [-0.15, -0.1) is 0 Å². The molecule has 0 N–H and O–H groups in total. The summed E-state index contributed by atoms with van der Waals surface area (Å²) in [6.45, 7) is 18.3. The van der Waals surface area contributed by atoms with Crippen LogP contribution in [0.15, 0.2) is 59.4 Å². The van der Waals surface area contributed by atoms with E-state index in [2.05, 4.69) is 70.4 Å². The molecule has 0 spiro atoms. The van der Waals surface area contributed by atoms with Crippen LogP contribution >= 0.6 is 0 Å². The molecule has 0 aromatic rings. The molecule has 1 heterocycles. The van der Waals surface area contributed by atoms with E-state index in [0.717, 1.165) is 64.7 Å². The van der Waals surface area contributed by atoms with Gasteiger partial charge in [-0.05, 0) is 85.8 Å². The topological polar surface area (TPSA) is 23.6 Å². The number of rotatable bonds is 13. The minimum absolute atomic E-state index is 0.285. The fraction of sp³-hybridized carbons (Fsp3) is 0.607. The van der Waals surface area contributed by atoms with Crippen LogP contribution in [0.5, 0.6) is 0 Å². The molecule has 0 unspecified atom stereocenters. The Hall–Kier alpha value is -2.03. The standard InChI is InChI=1S/C28H46N2O/c1-7-29-20-22-30(23-21-29)28(31)19-11-18-27(6)17-10-16-26(5)15-9-14-25(4)13-8-12-24(2)3/h7,12,14,16,18H,1,8-11,13,15,17,19-23H2,2-6H3/b25-14+,26-16+,27-18+. The van der Waals surface area contributed by atoms with E-state index in [9.17, 15) is 4.79 Å². The average Bonchev–Trinajstić information content (AvgIpc) is 2.73. The zero-order chi connectivity index (χ0) is 23.1. The van der Waals surface area contributed by atoms with Crippen molar-refractivity contribution in [3.8, 4) is 0 Å². The van der Waals surface area contributed by atoms with Gasteiger partial charge in [0.15, 0.2) is 0 Å². The van der Waals surface area contributed by atoms with Crippen LogP contribution in [0.4, 0.5) is 0 Å². The molecule has 1 fully saturated rings. The number of allylic oxidation sites excluding steroid dienone is 8. The molecule has 0 aromatic carbocycles. The fourth-order valence-electron chi connectivity index (χ4n) is 3.74. The number of amides is 1. The lowest BCUT2D eigenvalue weighted by Crippen LogP contribution is -2.46. The molecule has 3 nitrogen and oxygen atoms in total. The number of piperazine rings is 1. The van der Waals surface area contributed by atoms with Gasteiger partial charge >= 0.3 is 0 Å². The lowest BCUT2D eigenvalue weighted by atomic mass is 10.0. The molecule has 1 saturated heterocycles. The maximum Gasteiger partial charge on any atom is 0.223 e. The first kappa shape index (κ1) is 27.0. The van der Waals surface area contributed by atoms with E-state index < -0.39 is 0 Å². The lowest BCUT2D eigenvalue weighted by molar-refractivity contribution is -0.132. The predicted octanol–water partition coefficient (Wildman–Crippen LogP) is 7.20. The van der Waals surface area contributed by atoms with Gasteiger partial charge in [0.2, 0.25) is 5.91 Å². The summed E-state index contributed by atoms with van der Waals surface area (Å²) in [7, 11) is 0. The number of carbonyl (C=O) groups excluding carboxylic acids is 1. The van der Waals surface area contributed by atoms with Crippen LogP contribution in [0.2, 0.25) is 0 Å². The van der Waals surface area contributed by atoms with E-state index >= 15 is 0 Å². The largest absolute Gasteiger partial charge is 0.374 e. The van der Waals surface area contributed by atoms with Gasteiger partial charge in [0.25, 0.3) is 0 Å². The molecule has 0 radical (unpaired) electrons. The summed E-state index contributed by atoms with van der Waals surface area (Å²) in [4.78, 5) is 16.5. The Morgan fingerprint density at radius 2 is 1.10 bits per heavy atom. The SMILES string of the molecule is C=CN1CCN(C(=O)CC/C=C(\C)CC/C=C(\C)CC/C=C(\C)CCC=C(C)C)CC1. The summed E-state index contributed by atoms with van der Waals surface area (Å²) in [5.41, 5.74) is 5.78. The molecule has 1 aliphatic rings. The van der Waals surface area contributed by atoms with Crippen molar-refractivity contribution < 1.29 is 4.79 Å². The Labute approximate surface area is 192 Å². The summed E-state index contributed by atoms with van der Waals surface area (Å²) in [6.07, 6.45) is 19.5. The van der Waals surface area contributed by atoms with E-state index in [-0.39, 0.29) is 5.91 Å². The van der Waals surface area contributed by atoms with Crippen LogP contribution < -0.4 is 0 Å². The van der Waals surface area contributed by atoms with Gasteiger partial charge in [0.1, 0.15) is 0 Å². The summed E-state index contributed by atoms with van der Waals surface area (Å²) in [5.74, 6) is 0.285. The Bertz CT molecular complexity index is 669. The molecule has 0 atom stereocenters. The van der Waals surface area contributed by atoms with E-state index in [1.54, 1.807) is 0 Å². The Morgan fingerprint density at radius 1 is 0.677 bits per heavy atom. The molecule has 0 bridgehead atoms. The maximum atomic E-state index is 12.3. The maximum absolute atomic E-state index is 12.3. The molecule has 1 rings (SSSR count). The zero-order valence-corrected chi connectivity index (χ0v) is 20.9. The zero-order valence-electron chi connectivity index (χ0n) is 20.9. The van der Waals surface area contributed by atoms with Gasteiger partial charge in [0.05, 0.1) is 0 Å². The summed E-state index contributed by atoms with van der Waals surface area (Å²) in [6, 6.07) is 0. The number of carbonyl (C=O) groups is 1. The highest BCUT2D eigenvalue weighted by atomic mass is 16.2. The average molecular weight is 427 g/mol. The smallest absolute Gasteiger partial charge is 0.223 e. The van der Waals surface area contributed by atoms with E-state index in [0.29, 0.717) is 6.42 Å². The summed E-state index contributed by atoms with van der Waals surface area (Å²) >= 11 is 0. The molecule has 1 aliphatic heterocycles. The van der Waals surface area contributed by atoms with Crippen LogP contribution in [-0.2, 0) is 4.79 Å². The van der Waals surface area contributed by atoms with Crippen LogP contribution in [0.3, 0.4) is 0 Å². The second-order valence-corrected chi connectivity index (χ2v) is 9.19. The summed E-state index contributed by atoms with van der Waals surface area (Å²) in [5, 5.41) is 0. The second kappa shape index (κ2) is 15.7. The first-order valence-electron chi connectivity index (χ1n) is 12.1. The van der Waals surface area contributed by atoms with E-state index in [4.69, 9.17) is 0 Å². The third kappa shape index (κ3) is 13.1. The highest BCUT2D eigenvalue weighted by molar-refractivity contribution is 5.76. The third-order valence-electron chi connectivity index (χ3n) is 5.93. The quantitative estimate of drug-likeness (QED) is 0.291. The highest BCUT2D eigenvalue weighted by Crippen LogP contribution is 2.14. The third-order valence-corrected chi connectivity index (χ3v) is 5.93. The van der Waals surface area contributed by atoms with E-state index in [1.165, 1.54) is 28.7 Å². The van der Waals surface area contributed by atoms with Crippen molar-refractivity contribution in [3.63, 3.8) is 0 Å². The van der Waals surface area contributed by atoms with Crippen molar-refractivity contribution in [2.45, 2.75) is 86.0 Å². The minimum Gasteiger partial charge on any atom is -0.374 e. The minimum atomic E-state index is 0.285. The van der Waals surface area contributed by atoms with Crippen molar-refractivity contribution in [1.82, 2.24) is 9.80 Å². The van der Waals surface area contributed by atoms with Crippen molar-refractivity contribution >= 4 is 5.91 Å². The van der Waals surface area contributed by atoms with Crippen molar-refractivity contribution in [1.29, 1.82) is 0 Å². The van der Waals surface area contributed by atoms with E-state index in [1.807, 2.05) is 11.1 Å².